The minimum atomic E-state index is -1.26. The summed E-state index contributed by atoms with van der Waals surface area (Å²) in [5, 5.41) is 15.6. The molecule has 2 N–H and O–H groups in total. The van der Waals surface area contributed by atoms with Crippen LogP contribution >= 0.6 is 0 Å². The molecule has 0 atom stereocenters. The average Bonchev–Trinajstić information content (AvgIpc) is 2.12. The number of carbonyl (C=O) groups is 2. The Bertz CT molecular complexity index is 197. The van der Waals surface area contributed by atoms with E-state index in [1.54, 1.807) is 7.11 Å². The first-order valence-electron chi connectivity index (χ1n) is 4.17. The Hall–Kier alpha value is -1.40. The Kier molecular flexibility index (Phi) is 11.4. The van der Waals surface area contributed by atoms with Crippen molar-refractivity contribution in [2.45, 2.75) is 0 Å². The van der Waals surface area contributed by atoms with Crippen molar-refractivity contribution < 1.29 is 24.5 Å². The normalized spacial score (nSPS) is 9.87. The van der Waals surface area contributed by atoms with Gasteiger partial charge in [-0.2, -0.15) is 0 Å². The summed E-state index contributed by atoms with van der Waals surface area (Å²) in [5.41, 5.74) is 0. The monoisotopic (exact) mass is 219 g/mol. The number of ether oxygens (including phenoxy) is 1. The zero-order valence-electron chi connectivity index (χ0n) is 9.14. The van der Waals surface area contributed by atoms with Crippen molar-refractivity contribution in [1.82, 2.24) is 4.90 Å². The van der Waals surface area contributed by atoms with E-state index in [1.165, 1.54) is 0 Å². The molecule has 0 aromatic heterocycles. The van der Waals surface area contributed by atoms with Crippen LogP contribution < -0.4 is 0 Å². The molecule has 0 aromatic carbocycles. The summed E-state index contributed by atoms with van der Waals surface area (Å²) in [6.07, 6.45) is 1.12. The summed E-state index contributed by atoms with van der Waals surface area (Å²) in [4.78, 5) is 21.2. The lowest BCUT2D eigenvalue weighted by Crippen LogP contribution is -2.16. The molecule has 0 saturated carbocycles. The van der Waals surface area contributed by atoms with E-state index < -0.39 is 11.9 Å². The molecule has 0 unspecified atom stereocenters. The van der Waals surface area contributed by atoms with E-state index in [1.807, 2.05) is 14.1 Å². The van der Waals surface area contributed by atoms with Crippen LogP contribution in [-0.2, 0) is 14.3 Å². The molecular weight excluding hydrogens is 202 g/mol. The third-order valence-corrected chi connectivity index (χ3v) is 1.11. The summed E-state index contributed by atoms with van der Waals surface area (Å²) in [7, 11) is 5.77. The van der Waals surface area contributed by atoms with Crippen LogP contribution in [0.5, 0.6) is 0 Å². The smallest absolute Gasteiger partial charge is 0.328 e. The second-order valence-electron chi connectivity index (χ2n) is 2.81. The van der Waals surface area contributed by atoms with Crippen molar-refractivity contribution in [1.29, 1.82) is 0 Å². The van der Waals surface area contributed by atoms with Gasteiger partial charge in [0.25, 0.3) is 0 Å². The highest BCUT2D eigenvalue weighted by molar-refractivity contribution is 5.89. The molecule has 0 aliphatic carbocycles. The van der Waals surface area contributed by atoms with E-state index in [0.29, 0.717) is 12.2 Å². The van der Waals surface area contributed by atoms with Crippen molar-refractivity contribution in [3.8, 4) is 0 Å². The topological polar surface area (TPSA) is 87.1 Å². The van der Waals surface area contributed by atoms with Gasteiger partial charge in [-0.1, -0.05) is 0 Å². The van der Waals surface area contributed by atoms with Crippen molar-refractivity contribution in [3.63, 3.8) is 0 Å². The van der Waals surface area contributed by atoms with Gasteiger partial charge in [-0.25, -0.2) is 9.59 Å². The molecule has 6 nitrogen and oxygen atoms in total. The summed E-state index contributed by atoms with van der Waals surface area (Å²) in [5.74, 6) is -2.51. The summed E-state index contributed by atoms with van der Waals surface area (Å²) in [6.45, 7) is 1.84. The van der Waals surface area contributed by atoms with Gasteiger partial charge in [-0.15, -0.1) is 0 Å². The molecule has 0 heterocycles. The van der Waals surface area contributed by atoms with Crippen molar-refractivity contribution in [2.75, 3.05) is 34.4 Å². The molecule has 0 spiro atoms. The predicted molar refractivity (Wildman–Crippen MR) is 54.8 cm³/mol. The SMILES string of the molecule is COCCN(C)C.O=C(O)C=CC(=O)O. The Morgan fingerprint density at radius 2 is 1.60 bits per heavy atom. The maximum atomic E-state index is 9.55. The van der Waals surface area contributed by atoms with Crippen molar-refractivity contribution >= 4 is 11.9 Å². The van der Waals surface area contributed by atoms with Gasteiger partial charge in [0.1, 0.15) is 0 Å². The van der Waals surface area contributed by atoms with E-state index >= 15 is 0 Å². The van der Waals surface area contributed by atoms with E-state index in [2.05, 4.69) is 4.90 Å². The molecule has 0 aliphatic heterocycles. The molecule has 0 amide bonds. The van der Waals surface area contributed by atoms with Gasteiger partial charge in [0.15, 0.2) is 0 Å². The molecule has 0 rings (SSSR count). The lowest BCUT2D eigenvalue weighted by atomic mass is 10.5. The van der Waals surface area contributed by atoms with Crippen LogP contribution in [0.2, 0.25) is 0 Å². The fraction of sp³-hybridized carbons (Fsp3) is 0.556. The number of methoxy groups -OCH3 is 1. The number of hydrogen-bond acceptors (Lipinski definition) is 4. The lowest BCUT2D eigenvalue weighted by molar-refractivity contribution is -0.134. The lowest BCUT2D eigenvalue weighted by Gasteiger charge is -2.06. The number of carboxylic acids is 2. The van der Waals surface area contributed by atoms with E-state index in [4.69, 9.17) is 14.9 Å². The van der Waals surface area contributed by atoms with E-state index in [0.717, 1.165) is 13.2 Å². The Morgan fingerprint density at radius 1 is 1.20 bits per heavy atom. The molecule has 88 valence electrons. The third-order valence-electron chi connectivity index (χ3n) is 1.11. The molecule has 15 heavy (non-hydrogen) atoms. The number of hydrogen-bond donors (Lipinski definition) is 2. The highest BCUT2D eigenvalue weighted by Crippen LogP contribution is 1.72. The molecule has 0 bridgehead atoms. The standard InChI is InChI=1S/C5H13NO.C4H4O4/c1-6(2)4-5-7-3;5-3(6)1-2-4(7)8/h4-5H2,1-3H3;1-2H,(H,5,6)(H,7,8). The Morgan fingerprint density at radius 3 is 1.73 bits per heavy atom. The minimum absolute atomic E-state index is 0.558. The largest absolute Gasteiger partial charge is 0.478 e. The number of likely N-dealkylation sites (N-methyl/N-ethyl adjacent to an activating group) is 1. The van der Waals surface area contributed by atoms with Crippen LogP contribution in [-0.4, -0.2) is 61.4 Å². The summed E-state index contributed by atoms with van der Waals surface area (Å²) in [6, 6.07) is 0. The Labute approximate surface area is 88.8 Å². The van der Waals surface area contributed by atoms with E-state index in [-0.39, 0.29) is 0 Å². The van der Waals surface area contributed by atoms with Crippen molar-refractivity contribution in [2.24, 2.45) is 0 Å². The van der Waals surface area contributed by atoms with Crippen molar-refractivity contribution in [3.05, 3.63) is 12.2 Å². The molecule has 0 fully saturated rings. The zero-order chi connectivity index (χ0) is 12.3. The maximum absolute atomic E-state index is 9.55. The van der Waals surface area contributed by atoms with E-state index in [9.17, 15) is 9.59 Å². The highest BCUT2D eigenvalue weighted by atomic mass is 16.5. The number of rotatable bonds is 5. The van der Waals surface area contributed by atoms with Crippen LogP contribution in [0.1, 0.15) is 0 Å². The number of nitrogens with zero attached hydrogens (tertiary/aromatic N) is 1. The van der Waals surface area contributed by atoms with Gasteiger partial charge in [0, 0.05) is 25.8 Å². The van der Waals surface area contributed by atoms with Crippen LogP contribution in [0.15, 0.2) is 12.2 Å². The summed E-state index contributed by atoms with van der Waals surface area (Å²) < 4.78 is 4.81. The quantitative estimate of drug-likeness (QED) is 0.628. The first kappa shape index (κ1) is 16.0. The van der Waals surface area contributed by atoms with Gasteiger partial charge in [0.05, 0.1) is 6.61 Å². The molecule has 0 aliphatic rings. The van der Waals surface area contributed by atoms with Crippen LogP contribution in [0.25, 0.3) is 0 Å². The highest BCUT2D eigenvalue weighted by Gasteiger charge is 1.88. The first-order valence-corrected chi connectivity index (χ1v) is 4.17. The molecular formula is C9H17NO5. The number of carboxylic acid groups (broad SMARTS) is 2. The second kappa shape index (κ2) is 10.7. The van der Waals surface area contributed by atoms with Gasteiger partial charge >= 0.3 is 11.9 Å². The van der Waals surface area contributed by atoms with Gasteiger partial charge in [0.2, 0.25) is 0 Å². The predicted octanol–water partition coefficient (Wildman–Crippen LogP) is -0.0938. The van der Waals surface area contributed by atoms with Gasteiger partial charge in [-0.3, -0.25) is 0 Å². The summed E-state index contributed by atoms with van der Waals surface area (Å²) >= 11 is 0. The third kappa shape index (κ3) is 24.5. The second-order valence-corrected chi connectivity index (χ2v) is 2.81. The molecule has 0 saturated heterocycles. The minimum Gasteiger partial charge on any atom is -0.478 e. The van der Waals surface area contributed by atoms with Crippen LogP contribution in [0, 0.1) is 0 Å². The number of aliphatic carboxylic acids is 2. The fourth-order valence-corrected chi connectivity index (χ4v) is 0.416. The van der Waals surface area contributed by atoms with Gasteiger partial charge in [-0.05, 0) is 14.1 Å². The maximum Gasteiger partial charge on any atom is 0.328 e. The Balaban J connectivity index is 0. The fourth-order valence-electron chi connectivity index (χ4n) is 0.416. The van der Waals surface area contributed by atoms with Crippen LogP contribution in [0.3, 0.4) is 0 Å². The first-order chi connectivity index (χ1) is 6.90. The molecule has 0 radical (unpaired) electrons. The van der Waals surface area contributed by atoms with Gasteiger partial charge < -0.3 is 19.8 Å². The van der Waals surface area contributed by atoms with Crippen LogP contribution in [0.4, 0.5) is 0 Å². The molecule has 6 heteroatoms. The molecule has 0 aromatic rings. The zero-order valence-corrected chi connectivity index (χ0v) is 9.14. The average molecular weight is 219 g/mol.